The van der Waals surface area contributed by atoms with Gasteiger partial charge in [0, 0.05) is 25.7 Å². The SMILES string of the molecule is COc1ccc(CN2CCC(NC(=O)C(=O)c3c(C)nn(-c4ccccc4)c3C)CC2)cc1F. The second-order valence-electron chi connectivity index (χ2n) is 8.62. The van der Waals surface area contributed by atoms with Crippen LogP contribution in [0.3, 0.4) is 0 Å². The normalized spacial score (nSPS) is 14.7. The second-order valence-corrected chi connectivity index (χ2v) is 8.62. The average Bonchev–Trinajstić information content (AvgIpc) is 3.14. The number of amides is 1. The number of methoxy groups -OCH3 is 1. The Morgan fingerprint density at radius 1 is 1.12 bits per heavy atom. The number of aryl methyl sites for hydroxylation is 1. The first-order chi connectivity index (χ1) is 16.4. The zero-order valence-corrected chi connectivity index (χ0v) is 19.7. The second kappa shape index (κ2) is 10.2. The molecule has 0 spiro atoms. The van der Waals surface area contributed by atoms with Crippen molar-refractivity contribution in [2.45, 2.75) is 39.3 Å². The number of piperidine rings is 1. The Morgan fingerprint density at radius 2 is 1.82 bits per heavy atom. The van der Waals surface area contributed by atoms with Gasteiger partial charge in [0.25, 0.3) is 11.7 Å². The van der Waals surface area contributed by atoms with E-state index in [0.29, 0.717) is 23.5 Å². The number of hydrogen-bond acceptors (Lipinski definition) is 5. The molecule has 1 aliphatic heterocycles. The summed E-state index contributed by atoms with van der Waals surface area (Å²) in [6.45, 7) is 5.66. The number of ketones is 1. The summed E-state index contributed by atoms with van der Waals surface area (Å²) in [7, 11) is 1.44. The lowest BCUT2D eigenvalue weighted by Gasteiger charge is -2.32. The van der Waals surface area contributed by atoms with E-state index in [1.54, 1.807) is 24.6 Å². The monoisotopic (exact) mass is 464 g/mol. The van der Waals surface area contributed by atoms with Crippen LogP contribution >= 0.6 is 0 Å². The highest BCUT2D eigenvalue weighted by Crippen LogP contribution is 2.21. The lowest BCUT2D eigenvalue weighted by Crippen LogP contribution is -2.46. The largest absolute Gasteiger partial charge is 0.494 e. The molecule has 1 fully saturated rings. The maximum absolute atomic E-state index is 14.0. The predicted octanol–water partition coefficient (Wildman–Crippen LogP) is 3.60. The quantitative estimate of drug-likeness (QED) is 0.427. The van der Waals surface area contributed by atoms with Crippen molar-refractivity contribution in [2.24, 2.45) is 0 Å². The summed E-state index contributed by atoms with van der Waals surface area (Å²) in [5.41, 5.74) is 3.23. The van der Waals surface area contributed by atoms with Gasteiger partial charge in [-0.15, -0.1) is 0 Å². The molecule has 0 saturated carbocycles. The van der Waals surface area contributed by atoms with E-state index in [-0.39, 0.29) is 17.6 Å². The highest BCUT2D eigenvalue weighted by molar-refractivity contribution is 6.43. The van der Waals surface area contributed by atoms with Gasteiger partial charge in [-0.3, -0.25) is 14.5 Å². The number of hydrogen-bond donors (Lipinski definition) is 1. The first-order valence-electron chi connectivity index (χ1n) is 11.4. The van der Waals surface area contributed by atoms with Crippen LogP contribution in [-0.4, -0.2) is 52.6 Å². The number of rotatable bonds is 7. The highest BCUT2D eigenvalue weighted by Gasteiger charge is 2.28. The summed E-state index contributed by atoms with van der Waals surface area (Å²) in [5, 5.41) is 7.37. The van der Waals surface area contributed by atoms with Gasteiger partial charge in [0.15, 0.2) is 11.6 Å². The van der Waals surface area contributed by atoms with Crippen molar-refractivity contribution in [3.8, 4) is 11.4 Å². The van der Waals surface area contributed by atoms with E-state index in [2.05, 4.69) is 15.3 Å². The lowest BCUT2D eigenvalue weighted by atomic mass is 10.0. The van der Waals surface area contributed by atoms with Gasteiger partial charge in [-0.2, -0.15) is 5.10 Å². The summed E-state index contributed by atoms with van der Waals surface area (Å²) in [6.07, 6.45) is 1.44. The first kappa shape index (κ1) is 23.6. The number of carbonyl (C=O) groups is 2. The number of nitrogens with one attached hydrogen (secondary N) is 1. The van der Waals surface area contributed by atoms with Crippen molar-refractivity contribution in [1.82, 2.24) is 20.0 Å². The molecule has 34 heavy (non-hydrogen) atoms. The van der Waals surface area contributed by atoms with E-state index in [1.807, 2.05) is 36.4 Å². The Hall–Kier alpha value is -3.52. The van der Waals surface area contributed by atoms with E-state index >= 15 is 0 Å². The molecule has 0 unspecified atom stereocenters. The summed E-state index contributed by atoms with van der Waals surface area (Å²) in [6, 6.07) is 14.4. The number of benzene rings is 2. The molecule has 2 aromatic carbocycles. The summed E-state index contributed by atoms with van der Waals surface area (Å²) in [4.78, 5) is 28.0. The van der Waals surface area contributed by atoms with Gasteiger partial charge in [-0.25, -0.2) is 9.07 Å². The number of aromatic nitrogens is 2. The van der Waals surface area contributed by atoms with Crippen LogP contribution in [0.1, 0.15) is 40.2 Å². The zero-order valence-electron chi connectivity index (χ0n) is 19.7. The third-order valence-corrected chi connectivity index (χ3v) is 6.27. The number of para-hydroxylation sites is 1. The van der Waals surface area contributed by atoms with Crippen molar-refractivity contribution in [1.29, 1.82) is 0 Å². The molecular formula is C26H29FN4O3. The van der Waals surface area contributed by atoms with Crippen LogP contribution < -0.4 is 10.1 Å². The van der Waals surface area contributed by atoms with Gasteiger partial charge < -0.3 is 10.1 Å². The van der Waals surface area contributed by atoms with Gasteiger partial charge in [-0.05, 0) is 56.5 Å². The van der Waals surface area contributed by atoms with E-state index in [1.165, 1.54) is 13.2 Å². The summed E-state index contributed by atoms with van der Waals surface area (Å²) < 4.78 is 20.6. The minimum Gasteiger partial charge on any atom is -0.494 e. The Bertz CT molecular complexity index is 1180. The molecule has 1 saturated heterocycles. The minimum atomic E-state index is -0.602. The highest BCUT2D eigenvalue weighted by atomic mass is 19.1. The molecule has 0 radical (unpaired) electrons. The zero-order chi connectivity index (χ0) is 24.2. The van der Waals surface area contributed by atoms with Crippen LogP contribution in [0.4, 0.5) is 4.39 Å². The standard InChI is InChI=1S/C26H29FN4O3/c1-17-24(18(2)31(29-17)21-7-5-4-6-8-21)25(32)26(33)28-20-11-13-30(14-12-20)16-19-9-10-23(34-3)22(27)15-19/h4-10,15,20H,11-14,16H2,1-3H3,(H,28,33). The topological polar surface area (TPSA) is 76.5 Å². The minimum absolute atomic E-state index is 0.0786. The fourth-order valence-corrected chi connectivity index (χ4v) is 4.46. The van der Waals surface area contributed by atoms with Crippen molar-refractivity contribution >= 4 is 11.7 Å². The fraction of sp³-hybridized carbons (Fsp3) is 0.346. The van der Waals surface area contributed by atoms with Crippen LogP contribution in [-0.2, 0) is 11.3 Å². The third-order valence-electron chi connectivity index (χ3n) is 6.27. The van der Waals surface area contributed by atoms with Crippen molar-refractivity contribution in [3.63, 3.8) is 0 Å². The van der Waals surface area contributed by atoms with Crippen LogP contribution in [0.2, 0.25) is 0 Å². The summed E-state index contributed by atoms with van der Waals surface area (Å²) in [5.74, 6) is -1.31. The van der Waals surface area contributed by atoms with E-state index < -0.39 is 11.7 Å². The molecule has 7 nitrogen and oxygen atoms in total. The Labute approximate surface area is 198 Å². The molecule has 1 aliphatic rings. The number of ether oxygens (including phenoxy) is 1. The molecule has 1 N–H and O–H groups in total. The predicted molar refractivity (Wildman–Crippen MR) is 127 cm³/mol. The molecule has 1 amide bonds. The van der Waals surface area contributed by atoms with Crippen LogP contribution in [0.25, 0.3) is 5.69 Å². The van der Waals surface area contributed by atoms with Gasteiger partial charge in [0.1, 0.15) is 0 Å². The van der Waals surface area contributed by atoms with Gasteiger partial charge in [-0.1, -0.05) is 24.3 Å². The molecule has 3 aromatic rings. The summed E-state index contributed by atoms with van der Waals surface area (Å²) >= 11 is 0. The van der Waals surface area contributed by atoms with Gasteiger partial charge in [0.2, 0.25) is 0 Å². The van der Waals surface area contributed by atoms with Gasteiger partial charge >= 0.3 is 0 Å². The fourth-order valence-electron chi connectivity index (χ4n) is 4.46. The van der Waals surface area contributed by atoms with Crippen LogP contribution in [0.5, 0.6) is 5.75 Å². The Kier molecular flexibility index (Phi) is 7.07. The van der Waals surface area contributed by atoms with E-state index in [9.17, 15) is 14.0 Å². The maximum atomic E-state index is 14.0. The molecule has 2 heterocycles. The Morgan fingerprint density at radius 3 is 2.47 bits per heavy atom. The van der Waals surface area contributed by atoms with E-state index in [0.717, 1.165) is 37.2 Å². The van der Waals surface area contributed by atoms with Gasteiger partial charge in [0.05, 0.1) is 29.7 Å². The number of halogens is 1. The Balaban J connectivity index is 1.34. The van der Waals surface area contributed by atoms with Crippen molar-refractivity contribution in [2.75, 3.05) is 20.2 Å². The van der Waals surface area contributed by atoms with E-state index in [4.69, 9.17) is 4.74 Å². The molecule has 1 aromatic heterocycles. The average molecular weight is 465 g/mol. The molecule has 8 heteroatoms. The number of likely N-dealkylation sites (tertiary alicyclic amines) is 1. The first-order valence-corrected chi connectivity index (χ1v) is 11.4. The molecule has 178 valence electrons. The molecule has 0 aliphatic carbocycles. The maximum Gasteiger partial charge on any atom is 0.292 e. The number of Topliss-reactive ketones (excluding diaryl/α,β-unsaturated/α-hetero) is 1. The third kappa shape index (κ3) is 5.02. The van der Waals surface area contributed by atoms with Crippen molar-refractivity contribution in [3.05, 3.63) is 76.9 Å². The molecule has 0 bridgehead atoms. The number of carbonyl (C=O) groups excluding carboxylic acids is 2. The lowest BCUT2D eigenvalue weighted by molar-refractivity contribution is -0.118. The van der Waals surface area contributed by atoms with Crippen LogP contribution in [0, 0.1) is 19.7 Å². The molecule has 0 atom stereocenters. The van der Waals surface area contributed by atoms with Crippen molar-refractivity contribution < 1.29 is 18.7 Å². The molecule has 4 rings (SSSR count). The van der Waals surface area contributed by atoms with Crippen LogP contribution in [0.15, 0.2) is 48.5 Å². The smallest absolute Gasteiger partial charge is 0.292 e. The molecular weight excluding hydrogens is 435 g/mol. The number of nitrogens with zero attached hydrogens (tertiary/aromatic N) is 3.